The van der Waals surface area contributed by atoms with Crippen LogP contribution >= 0.6 is 0 Å². The van der Waals surface area contributed by atoms with E-state index in [9.17, 15) is 10.2 Å². The molecule has 0 aromatic rings. The van der Waals surface area contributed by atoms with Gasteiger partial charge >= 0.3 is 0 Å². The summed E-state index contributed by atoms with van der Waals surface area (Å²) in [7, 11) is 0. The molecular weight excluding hydrogens is 172 g/mol. The molecule has 0 amide bonds. The maximum Gasteiger partial charge on any atom is 0.111 e. The van der Waals surface area contributed by atoms with Crippen LogP contribution in [0.3, 0.4) is 0 Å². The summed E-state index contributed by atoms with van der Waals surface area (Å²) in [6, 6.07) is 0. The lowest BCUT2D eigenvalue weighted by atomic mass is 9.85. The van der Waals surface area contributed by atoms with Crippen LogP contribution in [0.5, 0.6) is 0 Å². The zero-order valence-electron chi connectivity index (χ0n) is 8.27. The maximum atomic E-state index is 9.61. The standard InChI is InChI=1S/C9H18O4/c1-9(2,3)8-7(12)6(11)5(4-10)13-8/h5-8,10-12H,4H2,1-3H3/t5-,6?,7?,8+/m0/s1. The first-order valence-electron chi connectivity index (χ1n) is 4.50. The van der Waals surface area contributed by atoms with Gasteiger partial charge in [0, 0.05) is 0 Å². The first-order valence-corrected chi connectivity index (χ1v) is 4.50. The molecule has 1 saturated heterocycles. The molecule has 78 valence electrons. The Morgan fingerprint density at radius 1 is 1.15 bits per heavy atom. The van der Waals surface area contributed by atoms with Crippen molar-refractivity contribution < 1.29 is 20.1 Å². The summed E-state index contributed by atoms with van der Waals surface area (Å²) >= 11 is 0. The van der Waals surface area contributed by atoms with Gasteiger partial charge in [0.25, 0.3) is 0 Å². The molecule has 4 atom stereocenters. The summed E-state index contributed by atoms with van der Waals surface area (Å²) in [5.41, 5.74) is -0.232. The summed E-state index contributed by atoms with van der Waals surface area (Å²) in [5.74, 6) is 0. The molecular formula is C9H18O4. The van der Waals surface area contributed by atoms with E-state index in [0.717, 1.165) is 0 Å². The fraction of sp³-hybridized carbons (Fsp3) is 1.00. The second kappa shape index (κ2) is 3.53. The van der Waals surface area contributed by atoms with E-state index in [4.69, 9.17) is 9.84 Å². The van der Waals surface area contributed by atoms with Crippen molar-refractivity contribution in [2.24, 2.45) is 5.41 Å². The lowest BCUT2D eigenvalue weighted by Crippen LogP contribution is -2.39. The zero-order chi connectivity index (χ0) is 10.2. The number of aliphatic hydroxyl groups is 3. The lowest BCUT2D eigenvalue weighted by Gasteiger charge is -2.28. The van der Waals surface area contributed by atoms with Gasteiger partial charge in [-0.1, -0.05) is 20.8 Å². The van der Waals surface area contributed by atoms with Gasteiger partial charge < -0.3 is 20.1 Å². The fourth-order valence-electron chi connectivity index (χ4n) is 1.62. The second-order valence-electron chi connectivity index (χ2n) is 4.62. The molecule has 2 unspecified atom stereocenters. The van der Waals surface area contributed by atoms with E-state index in [0.29, 0.717) is 0 Å². The van der Waals surface area contributed by atoms with Crippen molar-refractivity contribution in [1.82, 2.24) is 0 Å². The highest BCUT2D eigenvalue weighted by molar-refractivity contribution is 4.95. The monoisotopic (exact) mass is 190 g/mol. The highest BCUT2D eigenvalue weighted by Gasteiger charge is 2.47. The molecule has 1 fully saturated rings. The first-order chi connectivity index (χ1) is 5.88. The molecule has 0 bridgehead atoms. The third-order valence-corrected chi connectivity index (χ3v) is 2.40. The van der Waals surface area contributed by atoms with E-state index in [1.165, 1.54) is 0 Å². The predicted octanol–water partition coefficient (Wildman–Crippen LogP) is -0.486. The number of aliphatic hydroxyl groups excluding tert-OH is 3. The van der Waals surface area contributed by atoms with Crippen LogP contribution in [0.25, 0.3) is 0 Å². The van der Waals surface area contributed by atoms with Gasteiger partial charge in [-0.2, -0.15) is 0 Å². The maximum absolute atomic E-state index is 9.61. The summed E-state index contributed by atoms with van der Waals surface area (Å²) < 4.78 is 5.35. The minimum atomic E-state index is -0.978. The molecule has 1 aliphatic heterocycles. The Kier molecular flexibility index (Phi) is 2.97. The van der Waals surface area contributed by atoms with Crippen LogP contribution in [0.4, 0.5) is 0 Å². The molecule has 13 heavy (non-hydrogen) atoms. The smallest absolute Gasteiger partial charge is 0.111 e. The molecule has 0 aromatic carbocycles. The summed E-state index contributed by atoms with van der Waals surface area (Å²) in [4.78, 5) is 0. The van der Waals surface area contributed by atoms with E-state index < -0.39 is 24.4 Å². The molecule has 4 nitrogen and oxygen atoms in total. The Bertz CT molecular complexity index is 175. The molecule has 4 heteroatoms. The third-order valence-electron chi connectivity index (χ3n) is 2.40. The van der Waals surface area contributed by atoms with Crippen molar-refractivity contribution in [3.05, 3.63) is 0 Å². The number of rotatable bonds is 1. The molecule has 0 aliphatic carbocycles. The molecule has 0 spiro atoms. The Labute approximate surface area is 78.1 Å². The van der Waals surface area contributed by atoms with Crippen LogP contribution in [-0.4, -0.2) is 46.3 Å². The van der Waals surface area contributed by atoms with Gasteiger partial charge in [-0.15, -0.1) is 0 Å². The third kappa shape index (κ3) is 2.02. The van der Waals surface area contributed by atoms with Crippen molar-refractivity contribution in [3.63, 3.8) is 0 Å². The van der Waals surface area contributed by atoms with Gasteiger partial charge in [0.05, 0.1) is 12.7 Å². The molecule has 1 aliphatic rings. The van der Waals surface area contributed by atoms with E-state index in [1.54, 1.807) is 0 Å². The second-order valence-corrected chi connectivity index (χ2v) is 4.62. The number of ether oxygens (including phenoxy) is 1. The van der Waals surface area contributed by atoms with Gasteiger partial charge in [0.1, 0.15) is 18.3 Å². The summed E-state index contributed by atoms with van der Waals surface area (Å²) in [6.45, 7) is 5.51. The van der Waals surface area contributed by atoms with Crippen molar-refractivity contribution in [2.75, 3.05) is 6.61 Å². The average molecular weight is 190 g/mol. The van der Waals surface area contributed by atoms with Crippen LogP contribution in [0.2, 0.25) is 0 Å². The molecule has 1 heterocycles. The van der Waals surface area contributed by atoms with E-state index >= 15 is 0 Å². The largest absolute Gasteiger partial charge is 0.394 e. The topological polar surface area (TPSA) is 69.9 Å². The normalized spacial score (nSPS) is 41.1. The lowest BCUT2D eigenvalue weighted by molar-refractivity contribution is -0.0638. The quantitative estimate of drug-likeness (QED) is 0.522. The van der Waals surface area contributed by atoms with Crippen molar-refractivity contribution in [1.29, 1.82) is 0 Å². The molecule has 0 aromatic heterocycles. The minimum absolute atomic E-state index is 0.232. The Balaban J connectivity index is 2.71. The highest BCUT2D eigenvalue weighted by Crippen LogP contribution is 2.33. The van der Waals surface area contributed by atoms with Crippen molar-refractivity contribution >= 4 is 0 Å². The predicted molar refractivity (Wildman–Crippen MR) is 47.2 cm³/mol. The van der Waals surface area contributed by atoms with Crippen LogP contribution in [0, 0.1) is 5.41 Å². The highest BCUT2D eigenvalue weighted by atomic mass is 16.6. The summed E-state index contributed by atoms with van der Waals surface area (Å²) in [6.07, 6.45) is -2.95. The molecule has 3 N–H and O–H groups in total. The van der Waals surface area contributed by atoms with E-state index in [1.807, 2.05) is 20.8 Å². The van der Waals surface area contributed by atoms with Gasteiger partial charge in [0.2, 0.25) is 0 Å². The molecule has 0 saturated carbocycles. The average Bonchev–Trinajstić information content (AvgIpc) is 2.28. The summed E-state index contributed by atoms with van der Waals surface area (Å²) in [5, 5.41) is 27.9. The van der Waals surface area contributed by atoms with Crippen LogP contribution in [0.1, 0.15) is 20.8 Å². The van der Waals surface area contributed by atoms with Gasteiger partial charge in [-0.25, -0.2) is 0 Å². The first kappa shape index (κ1) is 10.9. The Morgan fingerprint density at radius 3 is 1.92 bits per heavy atom. The van der Waals surface area contributed by atoms with Crippen molar-refractivity contribution in [3.8, 4) is 0 Å². The Hall–Kier alpha value is -0.160. The van der Waals surface area contributed by atoms with Gasteiger partial charge in [-0.05, 0) is 5.41 Å². The number of hydrogen-bond acceptors (Lipinski definition) is 4. The van der Waals surface area contributed by atoms with Gasteiger partial charge in [0.15, 0.2) is 0 Å². The van der Waals surface area contributed by atoms with Crippen LogP contribution < -0.4 is 0 Å². The van der Waals surface area contributed by atoms with E-state index in [2.05, 4.69) is 0 Å². The Morgan fingerprint density at radius 2 is 1.69 bits per heavy atom. The van der Waals surface area contributed by atoms with Crippen molar-refractivity contribution in [2.45, 2.75) is 45.2 Å². The number of hydrogen-bond donors (Lipinski definition) is 3. The van der Waals surface area contributed by atoms with Gasteiger partial charge in [-0.3, -0.25) is 0 Å². The molecule has 1 rings (SSSR count). The fourth-order valence-corrected chi connectivity index (χ4v) is 1.62. The van der Waals surface area contributed by atoms with Crippen LogP contribution in [-0.2, 0) is 4.74 Å². The van der Waals surface area contributed by atoms with Crippen LogP contribution in [0.15, 0.2) is 0 Å². The zero-order valence-corrected chi connectivity index (χ0v) is 8.27. The SMILES string of the molecule is CC(C)(C)[C@@H]1O[C@@H](CO)C(O)C1O. The molecule has 0 radical (unpaired) electrons. The van der Waals surface area contributed by atoms with E-state index in [-0.39, 0.29) is 12.0 Å². The minimum Gasteiger partial charge on any atom is -0.394 e.